The average molecular weight is 854 g/mol. The van der Waals surface area contributed by atoms with Crippen LogP contribution in [0.25, 0.3) is 50.0 Å². The molecule has 0 atom stereocenters. The molecule has 9 aromatic rings. The van der Waals surface area contributed by atoms with E-state index in [9.17, 15) is 0 Å². The number of para-hydroxylation sites is 5. The average Bonchev–Trinajstić information content (AvgIpc) is 3.72. The van der Waals surface area contributed by atoms with Crippen molar-refractivity contribution in [1.82, 2.24) is 18.7 Å². The summed E-state index contributed by atoms with van der Waals surface area (Å²) in [5, 5.41) is 2.30. The first-order valence-corrected chi connectivity index (χ1v) is 17.3. The standard InChI is InChI=1S/C46H36N5.Pt/c1-46(2,3)33-27-28-47-45(29-33)51-41-22-11-10-21-39(41)40-26-25-38(31-44(40)51)50(35-17-8-5-9-18-35)37-20-14-19-36(30-37)49-32-48(34-15-6-4-7-16-34)42-23-12-13-24-43(42)49;/h4-29,32H,1-3H3;/q-1;. The molecular formula is C46H36N5Pt-. The first kappa shape index (κ1) is 33.4. The molecule has 0 amide bonds. The van der Waals surface area contributed by atoms with Crippen molar-refractivity contribution in [2.45, 2.75) is 26.2 Å². The van der Waals surface area contributed by atoms with E-state index in [-0.39, 0.29) is 26.5 Å². The normalized spacial score (nSPS) is 11.6. The summed E-state index contributed by atoms with van der Waals surface area (Å²) in [6.07, 6.45) is 4.07. The molecule has 0 aliphatic rings. The molecule has 9 rings (SSSR count). The van der Waals surface area contributed by atoms with Crippen LogP contribution in [0.1, 0.15) is 26.3 Å². The van der Waals surface area contributed by atoms with E-state index < -0.39 is 0 Å². The number of imidazole rings is 1. The number of fused-ring (bicyclic) bond motifs is 4. The maximum atomic E-state index is 4.90. The number of benzene rings is 6. The van der Waals surface area contributed by atoms with Crippen LogP contribution in [0.2, 0.25) is 0 Å². The number of aromatic nitrogens is 4. The topological polar surface area (TPSA) is 30.9 Å². The summed E-state index contributed by atoms with van der Waals surface area (Å²) in [4.78, 5) is 7.14. The zero-order valence-electron chi connectivity index (χ0n) is 29.1. The summed E-state index contributed by atoms with van der Waals surface area (Å²) in [6, 6.07) is 60.7. The molecule has 5 nitrogen and oxygen atoms in total. The van der Waals surface area contributed by atoms with Gasteiger partial charge >= 0.3 is 0 Å². The molecule has 0 spiro atoms. The molecule has 0 unspecified atom stereocenters. The Balaban J connectivity index is 0.00000387. The molecular weight excluding hydrogens is 818 g/mol. The van der Waals surface area contributed by atoms with E-state index in [1.807, 2.05) is 12.3 Å². The van der Waals surface area contributed by atoms with Crippen LogP contribution in [0.15, 0.2) is 164 Å². The molecule has 0 N–H and O–H groups in total. The number of anilines is 3. The van der Waals surface area contributed by atoms with Crippen molar-refractivity contribution in [3.63, 3.8) is 0 Å². The predicted octanol–water partition coefficient (Wildman–Crippen LogP) is 11.6. The zero-order chi connectivity index (χ0) is 34.5. The fourth-order valence-corrected chi connectivity index (χ4v) is 7.06. The van der Waals surface area contributed by atoms with Gasteiger partial charge in [0, 0.05) is 56.3 Å². The number of hydrogen-bond acceptors (Lipinski definition) is 2. The Morgan fingerprint density at radius 3 is 2.00 bits per heavy atom. The second kappa shape index (κ2) is 13.4. The van der Waals surface area contributed by atoms with Crippen LogP contribution in [0.5, 0.6) is 0 Å². The van der Waals surface area contributed by atoms with E-state index in [1.54, 1.807) is 0 Å². The van der Waals surface area contributed by atoms with Crippen molar-refractivity contribution in [2.75, 3.05) is 4.90 Å². The van der Waals surface area contributed by atoms with Gasteiger partial charge in [0.1, 0.15) is 11.5 Å². The van der Waals surface area contributed by atoms with Gasteiger partial charge in [-0.3, -0.25) is 0 Å². The predicted molar refractivity (Wildman–Crippen MR) is 210 cm³/mol. The number of hydrogen-bond donors (Lipinski definition) is 0. The largest absolute Gasteiger partial charge is 0.358 e. The molecule has 0 radical (unpaired) electrons. The van der Waals surface area contributed by atoms with Gasteiger partial charge in [-0.05, 0) is 58.8 Å². The van der Waals surface area contributed by atoms with Crippen molar-refractivity contribution in [1.29, 1.82) is 0 Å². The summed E-state index contributed by atoms with van der Waals surface area (Å²) in [7, 11) is 0. The van der Waals surface area contributed by atoms with E-state index >= 15 is 0 Å². The molecule has 0 saturated heterocycles. The van der Waals surface area contributed by atoms with E-state index in [0.29, 0.717) is 0 Å². The molecule has 6 heteroatoms. The van der Waals surface area contributed by atoms with Crippen molar-refractivity contribution in [3.05, 3.63) is 182 Å². The van der Waals surface area contributed by atoms with E-state index in [2.05, 4.69) is 203 Å². The van der Waals surface area contributed by atoms with Crippen LogP contribution in [0, 0.1) is 12.1 Å². The second-order valence-electron chi connectivity index (χ2n) is 13.9. The molecule has 0 saturated carbocycles. The quantitative estimate of drug-likeness (QED) is 0.156. The van der Waals surface area contributed by atoms with Gasteiger partial charge in [-0.1, -0.05) is 110 Å². The zero-order valence-corrected chi connectivity index (χ0v) is 31.4. The molecule has 256 valence electrons. The minimum absolute atomic E-state index is 0. The molecule has 0 fully saturated rings. The molecule has 0 aliphatic carbocycles. The van der Waals surface area contributed by atoms with E-state index in [0.717, 1.165) is 61.7 Å². The number of nitrogens with zero attached hydrogens (tertiary/aromatic N) is 5. The van der Waals surface area contributed by atoms with Crippen LogP contribution >= 0.6 is 0 Å². The van der Waals surface area contributed by atoms with Gasteiger partial charge in [0.05, 0.1) is 0 Å². The smallest absolute Gasteiger partial charge is 0.168 e. The molecule has 0 aliphatic heterocycles. The molecule has 3 aromatic heterocycles. The van der Waals surface area contributed by atoms with Crippen molar-refractivity contribution in [3.8, 4) is 17.2 Å². The summed E-state index contributed by atoms with van der Waals surface area (Å²) < 4.78 is 6.70. The van der Waals surface area contributed by atoms with Crippen molar-refractivity contribution < 1.29 is 21.1 Å². The SMILES string of the molecule is CC(C)(C)c1ccnc(-n2c3[c-]c(N(c4[c-]c(-n5[cH+]n(-c6ccccc6)c6ccccc65)ccc4)c4ccccc4)ccc3c3ccccc32)c1.[Pt]. The van der Waals surface area contributed by atoms with Gasteiger partial charge in [-0.25, -0.2) is 9.55 Å². The van der Waals surface area contributed by atoms with Crippen LogP contribution in [-0.4, -0.2) is 18.7 Å². The van der Waals surface area contributed by atoms with Gasteiger partial charge in [0.25, 0.3) is 0 Å². The van der Waals surface area contributed by atoms with Gasteiger partial charge < -0.3 is 9.47 Å². The van der Waals surface area contributed by atoms with Crippen molar-refractivity contribution in [2.24, 2.45) is 0 Å². The van der Waals surface area contributed by atoms with Crippen LogP contribution in [0.3, 0.4) is 0 Å². The Morgan fingerprint density at radius 2 is 1.25 bits per heavy atom. The van der Waals surface area contributed by atoms with Gasteiger partial charge in [0.15, 0.2) is 17.4 Å². The third-order valence-electron chi connectivity index (χ3n) is 9.59. The molecule has 6 aromatic carbocycles. The fourth-order valence-electron chi connectivity index (χ4n) is 7.06. The minimum atomic E-state index is -0.0122. The third-order valence-corrected chi connectivity index (χ3v) is 9.59. The van der Waals surface area contributed by atoms with Gasteiger partial charge in [0.2, 0.25) is 0 Å². The summed E-state index contributed by atoms with van der Waals surface area (Å²) in [5.41, 5.74) is 10.4. The first-order valence-electron chi connectivity index (χ1n) is 17.3. The van der Waals surface area contributed by atoms with E-state index in [4.69, 9.17) is 4.98 Å². The van der Waals surface area contributed by atoms with Crippen LogP contribution in [-0.2, 0) is 26.5 Å². The molecule has 0 bridgehead atoms. The van der Waals surface area contributed by atoms with Gasteiger partial charge in [-0.15, -0.1) is 29.7 Å². The summed E-state index contributed by atoms with van der Waals surface area (Å²) in [5.74, 6) is 0.882. The Morgan fingerprint density at radius 1 is 0.596 bits per heavy atom. The molecule has 3 heterocycles. The van der Waals surface area contributed by atoms with Crippen LogP contribution in [0.4, 0.5) is 17.1 Å². The summed E-state index contributed by atoms with van der Waals surface area (Å²) >= 11 is 0. The molecule has 52 heavy (non-hydrogen) atoms. The van der Waals surface area contributed by atoms with Crippen LogP contribution < -0.4 is 4.90 Å². The fraction of sp³-hybridized carbons (Fsp3) is 0.0870. The monoisotopic (exact) mass is 853 g/mol. The maximum Gasteiger partial charge on any atom is 0.168 e. The third kappa shape index (κ3) is 5.81. The van der Waals surface area contributed by atoms with Crippen molar-refractivity contribution >= 4 is 49.9 Å². The summed E-state index contributed by atoms with van der Waals surface area (Å²) in [6.45, 7) is 6.72. The van der Waals surface area contributed by atoms with E-state index in [1.165, 1.54) is 10.9 Å². The number of rotatable bonds is 6. The Bertz CT molecular complexity index is 2690. The first-order chi connectivity index (χ1) is 24.9. The Kier molecular flexibility index (Phi) is 8.61. The minimum Gasteiger partial charge on any atom is -0.358 e. The Labute approximate surface area is 318 Å². The number of pyridine rings is 1. The van der Waals surface area contributed by atoms with Gasteiger partial charge in [-0.2, -0.15) is 16.7 Å². The maximum absolute atomic E-state index is 4.90. The second-order valence-corrected chi connectivity index (χ2v) is 13.9. The Hall–Kier alpha value is -5.77.